The summed E-state index contributed by atoms with van der Waals surface area (Å²) in [4.78, 5) is 0. The van der Waals surface area contributed by atoms with E-state index in [1.807, 2.05) is 0 Å². The highest BCUT2D eigenvalue weighted by Gasteiger charge is 2.40. The first-order valence-electron chi connectivity index (χ1n) is 15.8. The van der Waals surface area contributed by atoms with E-state index in [0.717, 1.165) is 6.42 Å². The van der Waals surface area contributed by atoms with E-state index < -0.39 is 0 Å². The Morgan fingerprint density at radius 2 is 1.20 bits per heavy atom. The fourth-order valence-corrected chi connectivity index (χ4v) is 7.53. The Balaban J connectivity index is 1.06. The van der Waals surface area contributed by atoms with Crippen LogP contribution in [0.1, 0.15) is 46.7 Å². The minimum absolute atomic E-state index is 0.417. The molecule has 0 bridgehead atoms. The zero-order valence-corrected chi connectivity index (χ0v) is 25.9. The molecular formula is C42H36BN. The lowest BCUT2D eigenvalue weighted by Gasteiger charge is -2.21. The van der Waals surface area contributed by atoms with Crippen LogP contribution in [0.25, 0.3) is 45.2 Å². The van der Waals surface area contributed by atoms with Gasteiger partial charge >= 0.3 is 0 Å². The first-order valence-corrected chi connectivity index (χ1v) is 15.8. The summed E-state index contributed by atoms with van der Waals surface area (Å²) in [7, 11) is 0. The lowest BCUT2D eigenvalue weighted by Crippen LogP contribution is -2.42. The van der Waals surface area contributed by atoms with Crippen molar-refractivity contribution in [3.63, 3.8) is 0 Å². The van der Waals surface area contributed by atoms with E-state index in [1.54, 1.807) is 0 Å². The molecule has 5 aromatic carbocycles. The highest BCUT2D eigenvalue weighted by atomic mass is 15.0. The van der Waals surface area contributed by atoms with Gasteiger partial charge < -0.3 is 4.57 Å². The van der Waals surface area contributed by atoms with Crippen LogP contribution in [0.5, 0.6) is 0 Å². The first kappa shape index (κ1) is 26.8. The normalized spacial score (nSPS) is 16.0. The summed E-state index contributed by atoms with van der Waals surface area (Å²) in [6.45, 7) is 9.19. The fourth-order valence-electron chi connectivity index (χ4n) is 7.53. The van der Waals surface area contributed by atoms with Gasteiger partial charge in [0.15, 0.2) is 0 Å². The van der Waals surface area contributed by atoms with Crippen LogP contribution in [-0.4, -0.2) is 11.3 Å². The monoisotopic (exact) mass is 565 g/mol. The fraction of sp³-hybridized carbons (Fsp3) is 0.143. The zero-order chi connectivity index (χ0) is 29.9. The molecule has 2 heterocycles. The number of aromatic nitrogens is 1. The van der Waals surface area contributed by atoms with Gasteiger partial charge in [0.25, 0.3) is 0 Å². The van der Waals surface area contributed by atoms with Crippen LogP contribution >= 0.6 is 0 Å². The molecule has 8 rings (SSSR count). The van der Waals surface area contributed by atoms with Gasteiger partial charge in [-0.15, -0.1) is 0 Å². The van der Waals surface area contributed by atoms with E-state index in [2.05, 4.69) is 160 Å². The molecule has 1 aliphatic heterocycles. The summed E-state index contributed by atoms with van der Waals surface area (Å²) < 4.78 is 2.39. The molecule has 0 amide bonds. The minimum Gasteiger partial charge on any atom is -0.309 e. The highest BCUT2D eigenvalue weighted by Crippen LogP contribution is 2.43. The van der Waals surface area contributed by atoms with Gasteiger partial charge in [-0.25, -0.2) is 0 Å². The number of hydrogen-bond donors (Lipinski definition) is 0. The molecule has 2 aliphatic rings. The molecular weight excluding hydrogens is 529 g/mol. The van der Waals surface area contributed by atoms with Crippen molar-refractivity contribution in [2.75, 3.05) is 0 Å². The second-order valence-corrected chi connectivity index (χ2v) is 12.9. The van der Waals surface area contributed by atoms with E-state index in [4.69, 9.17) is 0 Å². The zero-order valence-electron chi connectivity index (χ0n) is 25.9. The molecule has 0 spiro atoms. The van der Waals surface area contributed by atoms with Crippen molar-refractivity contribution >= 4 is 57.2 Å². The first-order chi connectivity index (χ1) is 21.4. The van der Waals surface area contributed by atoms with Crippen molar-refractivity contribution in [2.24, 2.45) is 0 Å². The van der Waals surface area contributed by atoms with Gasteiger partial charge in [-0.3, -0.25) is 0 Å². The predicted molar refractivity (Wildman–Crippen MR) is 192 cm³/mol. The quantitative estimate of drug-likeness (QED) is 0.148. The standard InChI is InChI=1S/C42H36BN/c1-27-5-19-39-35(23-27)36-24-28(2)6-20-40(36)43(39)33-15-11-31(12-16-33)9-10-32-13-17-34(18-14-32)44-41-21-7-29(3)25-37(41)38-26-30(4)8-22-42(38)44/h5-19,21-26,40H,20H2,1-4H3. The van der Waals surface area contributed by atoms with E-state index in [-0.39, 0.29) is 0 Å². The molecule has 1 atom stereocenters. The number of aryl methyl sites for hydroxylation is 3. The molecule has 44 heavy (non-hydrogen) atoms. The van der Waals surface area contributed by atoms with Crippen LogP contribution in [0.15, 0.2) is 121 Å². The summed E-state index contributed by atoms with van der Waals surface area (Å²) in [5, 5.41) is 2.63. The van der Waals surface area contributed by atoms with Crippen LogP contribution < -0.4 is 10.9 Å². The lowest BCUT2D eigenvalue weighted by atomic mass is 9.35. The number of benzene rings is 5. The number of fused-ring (bicyclic) bond motifs is 6. The molecule has 0 radical (unpaired) electrons. The third kappa shape index (κ3) is 4.49. The van der Waals surface area contributed by atoms with Gasteiger partial charge in [0, 0.05) is 16.5 Å². The van der Waals surface area contributed by atoms with E-state index in [0.29, 0.717) is 12.5 Å². The average molecular weight is 566 g/mol. The minimum atomic E-state index is 0.417. The van der Waals surface area contributed by atoms with Crippen LogP contribution in [-0.2, 0) is 0 Å². The Bertz CT molecular complexity index is 2110. The van der Waals surface area contributed by atoms with Crippen LogP contribution in [0.3, 0.4) is 0 Å². The third-order valence-corrected chi connectivity index (χ3v) is 9.72. The van der Waals surface area contributed by atoms with Crippen molar-refractivity contribution in [3.05, 3.63) is 154 Å². The Morgan fingerprint density at radius 1 is 0.636 bits per heavy atom. The molecule has 0 N–H and O–H groups in total. The van der Waals surface area contributed by atoms with Gasteiger partial charge in [0.05, 0.1) is 11.0 Å². The molecule has 0 fully saturated rings. The lowest BCUT2D eigenvalue weighted by molar-refractivity contribution is 1.02. The summed E-state index contributed by atoms with van der Waals surface area (Å²) in [5.41, 5.74) is 17.3. The second-order valence-electron chi connectivity index (χ2n) is 12.9. The summed E-state index contributed by atoms with van der Waals surface area (Å²) in [6, 6.07) is 38.8. The molecule has 0 saturated carbocycles. The number of allylic oxidation sites excluding steroid dienone is 4. The highest BCUT2D eigenvalue weighted by molar-refractivity contribution is 6.90. The van der Waals surface area contributed by atoms with Gasteiger partial charge in [0.2, 0.25) is 6.71 Å². The maximum Gasteiger partial charge on any atom is 0.217 e. The Labute approximate surface area is 261 Å². The van der Waals surface area contributed by atoms with Gasteiger partial charge in [-0.05, 0) is 98.6 Å². The second kappa shape index (κ2) is 10.4. The van der Waals surface area contributed by atoms with Crippen molar-refractivity contribution in [1.82, 2.24) is 4.57 Å². The average Bonchev–Trinajstić information content (AvgIpc) is 3.52. The number of hydrogen-bond acceptors (Lipinski definition) is 0. The van der Waals surface area contributed by atoms with Crippen molar-refractivity contribution in [2.45, 2.75) is 39.9 Å². The maximum atomic E-state index is 2.41. The van der Waals surface area contributed by atoms with E-state index >= 15 is 0 Å². The van der Waals surface area contributed by atoms with Crippen LogP contribution in [0.2, 0.25) is 5.82 Å². The SMILES string of the molecule is CC1=CCC2B(c3ccc(C=Cc4ccc(-n5c6ccc(C)cc6c6cc(C)ccc65)cc4)cc3)c3ccc(C)cc3C2=C1. The van der Waals surface area contributed by atoms with E-state index in [1.165, 1.54) is 82.9 Å². The number of nitrogens with zero attached hydrogens (tertiary/aromatic N) is 1. The molecule has 1 aromatic heterocycles. The summed E-state index contributed by atoms with van der Waals surface area (Å²) >= 11 is 0. The summed E-state index contributed by atoms with van der Waals surface area (Å²) in [5.74, 6) is 0.526. The molecule has 2 heteroatoms. The summed E-state index contributed by atoms with van der Waals surface area (Å²) in [6.07, 6.45) is 10.4. The van der Waals surface area contributed by atoms with Crippen LogP contribution in [0.4, 0.5) is 0 Å². The molecule has 6 aromatic rings. The molecule has 212 valence electrons. The Kier molecular flexibility index (Phi) is 6.34. The number of rotatable bonds is 4. The Morgan fingerprint density at radius 3 is 1.84 bits per heavy atom. The molecule has 1 unspecified atom stereocenters. The predicted octanol–water partition coefficient (Wildman–Crippen LogP) is 9.61. The van der Waals surface area contributed by atoms with Crippen molar-refractivity contribution < 1.29 is 0 Å². The van der Waals surface area contributed by atoms with E-state index in [9.17, 15) is 0 Å². The Hall–Kier alpha value is -4.82. The van der Waals surface area contributed by atoms with Gasteiger partial charge in [-0.1, -0.05) is 124 Å². The van der Waals surface area contributed by atoms with Crippen LogP contribution in [0, 0.1) is 20.8 Å². The maximum absolute atomic E-state index is 2.41. The van der Waals surface area contributed by atoms with Gasteiger partial charge in [0.1, 0.15) is 0 Å². The largest absolute Gasteiger partial charge is 0.309 e. The molecule has 1 nitrogen and oxygen atoms in total. The topological polar surface area (TPSA) is 4.93 Å². The van der Waals surface area contributed by atoms with Crippen molar-refractivity contribution in [1.29, 1.82) is 0 Å². The molecule has 0 saturated heterocycles. The van der Waals surface area contributed by atoms with Crippen molar-refractivity contribution in [3.8, 4) is 5.69 Å². The smallest absolute Gasteiger partial charge is 0.217 e. The van der Waals surface area contributed by atoms with Gasteiger partial charge in [-0.2, -0.15) is 0 Å². The molecule has 1 aliphatic carbocycles. The third-order valence-electron chi connectivity index (χ3n) is 9.72.